The standard InChI is InChI=1S/C21H20N4/c1-2-6-18(7-3-1)19-9-12-25(13-10-19)16-17-14-23-21(24-15-17)20-8-4-5-11-22-20/h1-9,11,14-15H,10,12-13,16H2. The molecule has 4 nitrogen and oxygen atoms in total. The van der Waals surface area contributed by atoms with Crippen molar-refractivity contribution in [2.24, 2.45) is 0 Å². The van der Waals surface area contributed by atoms with Crippen LogP contribution in [0, 0.1) is 0 Å². The summed E-state index contributed by atoms with van der Waals surface area (Å²) in [5.41, 5.74) is 4.72. The Labute approximate surface area is 147 Å². The Kier molecular flexibility index (Phi) is 4.61. The fraction of sp³-hybridized carbons (Fsp3) is 0.190. The topological polar surface area (TPSA) is 41.9 Å². The minimum atomic E-state index is 0.675. The van der Waals surface area contributed by atoms with Crippen LogP contribution in [0.15, 0.2) is 73.2 Å². The molecule has 0 atom stereocenters. The zero-order chi connectivity index (χ0) is 16.9. The molecule has 1 aromatic carbocycles. The monoisotopic (exact) mass is 328 g/mol. The molecule has 3 aromatic rings. The van der Waals surface area contributed by atoms with Crippen molar-refractivity contribution in [3.8, 4) is 11.5 Å². The maximum Gasteiger partial charge on any atom is 0.178 e. The third kappa shape index (κ3) is 3.80. The first-order valence-electron chi connectivity index (χ1n) is 8.57. The van der Waals surface area contributed by atoms with Gasteiger partial charge in [-0.25, -0.2) is 9.97 Å². The number of aromatic nitrogens is 3. The van der Waals surface area contributed by atoms with Crippen LogP contribution in [-0.4, -0.2) is 32.9 Å². The Hall–Kier alpha value is -2.85. The highest BCUT2D eigenvalue weighted by molar-refractivity contribution is 5.66. The van der Waals surface area contributed by atoms with E-state index in [9.17, 15) is 0 Å². The van der Waals surface area contributed by atoms with Gasteiger partial charge in [0.2, 0.25) is 0 Å². The molecule has 0 bridgehead atoms. The lowest BCUT2D eigenvalue weighted by molar-refractivity contribution is 0.293. The van der Waals surface area contributed by atoms with E-state index in [1.165, 1.54) is 11.1 Å². The fourth-order valence-corrected chi connectivity index (χ4v) is 3.09. The van der Waals surface area contributed by atoms with Gasteiger partial charge in [-0.3, -0.25) is 9.88 Å². The summed E-state index contributed by atoms with van der Waals surface area (Å²) in [5.74, 6) is 0.675. The van der Waals surface area contributed by atoms with Gasteiger partial charge in [-0.05, 0) is 29.7 Å². The Morgan fingerprint density at radius 2 is 1.68 bits per heavy atom. The van der Waals surface area contributed by atoms with E-state index in [-0.39, 0.29) is 0 Å². The molecule has 0 fully saturated rings. The predicted octanol–water partition coefficient (Wildman–Crippen LogP) is 3.83. The maximum atomic E-state index is 4.46. The second kappa shape index (κ2) is 7.36. The highest BCUT2D eigenvalue weighted by Crippen LogP contribution is 2.22. The largest absolute Gasteiger partial charge is 0.295 e. The van der Waals surface area contributed by atoms with Crippen molar-refractivity contribution in [2.75, 3.05) is 13.1 Å². The molecule has 0 N–H and O–H groups in total. The van der Waals surface area contributed by atoms with E-state index in [0.29, 0.717) is 5.82 Å². The first-order chi connectivity index (χ1) is 12.4. The van der Waals surface area contributed by atoms with E-state index in [2.05, 4.69) is 56.3 Å². The Bertz CT molecular complexity index is 842. The number of hydrogen-bond acceptors (Lipinski definition) is 4. The van der Waals surface area contributed by atoms with Gasteiger partial charge in [0.05, 0.1) is 0 Å². The Morgan fingerprint density at radius 1 is 0.880 bits per heavy atom. The summed E-state index contributed by atoms with van der Waals surface area (Å²) in [6.07, 6.45) is 9.00. The van der Waals surface area contributed by atoms with Crippen molar-refractivity contribution >= 4 is 5.57 Å². The number of benzene rings is 1. The van der Waals surface area contributed by atoms with Gasteiger partial charge < -0.3 is 0 Å². The predicted molar refractivity (Wildman–Crippen MR) is 99.6 cm³/mol. The van der Waals surface area contributed by atoms with E-state index in [1.807, 2.05) is 30.6 Å². The number of hydrogen-bond donors (Lipinski definition) is 0. The molecule has 1 aliphatic heterocycles. The molecule has 3 heterocycles. The van der Waals surface area contributed by atoms with E-state index in [0.717, 1.165) is 37.3 Å². The number of rotatable bonds is 4. The van der Waals surface area contributed by atoms with Crippen LogP contribution in [0.25, 0.3) is 17.1 Å². The van der Waals surface area contributed by atoms with Crippen LogP contribution in [0.4, 0.5) is 0 Å². The molecule has 0 unspecified atom stereocenters. The van der Waals surface area contributed by atoms with Gasteiger partial charge in [-0.15, -0.1) is 0 Å². The minimum absolute atomic E-state index is 0.675. The Balaban J connectivity index is 1.39. The third-order valence-corrected chi connectivity index (χ3v) is 4.44. The normalized spacial score (nSPS) is 15.0. The molecule has 1 aliphatic rings. The minimum Gasteiger partial charge on any atom is -0.295 e. The van der Waals surface area contributed by atoms with Crippen LogP contribution in [0.2, 0.25) is 0 Å². The van der Waals surface area contributed by atoms with Crippen molar-refractivity contribution in [3.05, 3.63) is 84.3 Å². The molecule has 25 heavy (non-hydrogen) atoms. The van der Waals surface area contributed by atoms with Crippen LogP contribution in [-0.2, 0) is 6.54 Å². The Morgan fingerprint density at radius 3 is 2.36 bits per heavy atom. The van der Waals surface area contributed by atoms with Crippen LogP contribution in [0.3, 0.4) is 0 Å². The fourth-order valence-electron chi connectivity index (χ4n) is 3.09. The first-order valence-corrected chi connectivity index (χ1v) is 8.57. The third-order valence-electron chi connectivity index (χ3n) is 4.44. The molecule has 0 saturated heterocycles. The quantitative estimate of drug-likeness (QED) is 0.730. The van der Waals surface area contributed by atoms with Gasteiger partial charge in [-0.2, -0.15) is 0 Å². The average Bonchev–Trinajstić information content (AvgIpc) is 2.71. The number of nitrogens with zero attached hydrogens (tertiary/aromatic N) is 4. The molecule has 0 spiro atoms. The summed E-state index contributed by atoms with van der Waals surface area (Å²) in [6.45, 7) is 2.90. The molecule has 0 aliphatic carbocycles. The van der Waals surface area contributed by atoms with E-state index in [4.69, 9.17) is 0 Å². The van der Waals surface area contributed by atoms with Crippen LogP contribution in [0.5, 0.6) is 0 Å². The lowest BCUT2D eigenvalue weighted by atomic mass is 9.99. The SMILES string of the molecule is C1=C(c2ccccc2)CCN(Cc2cnc(-c3ccccn3)nc2)C1. The summed E-state index contributed by atoms with van der Waals surface area (Å²) in [6, 6.07) is 16.4. The van der Waals surface area contributed by atoms with Crippen molar-refractivity contribution in [3.63, 3.8) is 0 Å². The van der Waals surface area contributed by atoms with Gasteiger partial charge in [0.1, 0.15) is 5.69 Å². The highest BCUT2D eigenvalue weighted by Gasteiger charge is 2.13. The first kappa shape index (κ1) is 15.7. The summed E-state index contributed by atoms with van der Waals surface area (Å²) in [4.78, 5) is 15.6. The second-order valence-electron chi connectivity index (χ2n) is 6.21. The van der Waals surface area contributed by atoms with Crippen molar-refractivity contribution in [1.82, 2.24) is 19.9 Å². The number of pyridine rings is 1. The lowest BCUT2D eigenvalue weighted by Gasteiger charge is -2.26. The molecule has 0 saturated carbocycles. The maximum absolute atomic E-state index is 4.46. The van der Waals surface area contributed by atoms with Gasteiger partial charge in [0, 0.05) is 43.8 Å². The zero-order valence-electron chi connectivity index (χ0n) is 14.0. The van der Waals surface area contributed by atoms with Crippen molar-refractivity contribution in [1.29, 1.82) is 0 Å². The summed E-state index contributed by atoms with van der Waals surface area (Å²) < 4.78 is 0. The van der Waals surface area contributed by atoms with E-state index < -0.39 is 0 Å². The summed E-state index contributed by atoms with van der Waals surface area (Å²) in [5, 5.41) is 0. The molecular weight excluding hydrogens is 308 g/mol. The van der Waals surface area contributed by atoms with Gasteiger partial charge in [0.15, 0.2) is 5.82 Å². The van der Waals surface area contributed by atoms with E-state index >= 15 is 0 Å². The van der Waals surface area contributed by atoms with Crippen molar-refractivity contribution < 1.29 is 0 Å². The second-order valence-corrected chi connectivity index (χ2v) is 6.21. The average molecular weight is 328 g/mol. The summed E-state index contributed by atoms with van der Waals surface area (Å²) in [7, 11) is 0. The summed E-state index contributed by atoms with van der Waals surface area (Å²) >= 11 is 0. The van der Waals surface area contributed by atoms with E-state index in [1.54, 1.807) is 6.20 Å². The molecule has 0 amide bonds. The molecule has 124 valence electrons. The zero-order valence-corrected chi connectivity index (χ0v) is 14.0. The van der Waals surface area contributed by atoms with Gasteiger partial charge >= 0.3 is 0 Å². The highest BCUT2D eigenvalue weighted by atomic mass is 15.1. The molecule has 4 rings (SSSR count). The van der Waals surface area contributed by atoms with Crippen LogP contribution in [0.1, 0.15) is 17.5 Å². The molecule has 0 radical (unpaired) electrons. The van der Waals surface area contributed by atoms with Crippen LogP contribution >= 0.6 is 0 Å². The van der Waals surface area contributed by atoms with Crippen LogP contribution < -0.4 is 0 Å². The molecule has 2 aromatic heterocycles. The lowest BCUT2D eigenvalue weighted by Crippen LogP contribution is -2.28. The van der Waals surface area contributed by atoms with Gasteiger partial charge in [-0.1, -0.05) is 42.5 Å². The molecule has 4 heteroatoms. The molecular formula is C21H20N4. The van der Waals surface area contributed by atoms with Crippen molar-refractivity contribution in [2.45, 2.75) is 13.0 Å². The smallest absolute Gasteiger partial charge is 0.178 e. The van der Waals surface area contributed by atoms with Gasteiger partial charge in [0.25, 0.3) is 0 Å².